The van der Waals surface area contributed by atoms with Crippen LogP contribution in [0.1, 0.15) is 19.8 Å². The van der Waals surface area contributed by atoms with Crippen LogP contribution in [0, 0.1) is 0 Å². The van der Waals surface area contributed by atoms with Crippen LogP contribution in [-0.2, 0) is 4.74 Å². The topological polar surface area (TPSA) is 51.4 Å². The molecule has 0 spiro atoms. The van der Waals surface area contributed by atoms with Crippen molar-refractivity contribution in [1.29, 1.82) is 0 Å². The first-order chi connectivity index (χ1) is 8.20. The highest BCUT2D eigenvalue weighted by atomic mass is 35.5. The summed E-state index contributed by atoms with van der Waals surface area (Å²) in [6, 6.07) is 3.52. The first kappa shape index (κ1) is 12.5. The third-order valence-electron chi connectivity index (χ3n) is 3.02. The molecule has 4 nitrogen and oxygen atoms in total. The highest BCUT2D eigenvalue weighted by Crippen LogP contribution is 2.26. The summed E-state index contributed by atoms with van der Waals surface area (Å²) in [7, 11) is 0. The van der Waals surface area contributed by atoms with Crippen LogP contribution >= 0.6 is 11.6 Å². The maximum Gasteiger partial charge on any atom is 0.153 e. The van der Waals surface area contributed by atoms with Crippen molar-refractivity contribution in [2.45, 2.75) is 25.9 Å². The Morgan fingerprint density at radius 3 is 2.82 bits per heavy atom. The van der Waals surface area contributed by atoms with E-state index < -0.39 is 0 Å². The predicted molar refractivity (Wildman–Crippen MR) is 70.5 cm³/mol. The predicted octanol–water partition coefficient (Wildman–Crippen LogP) is 2.32. The van der Waals surface area contributed by atoms with Gasteiger partial charge in [-0.1, -0.05) is 11.6 Å². The van der Waals surface area contributed by atoms with Gasteiger partial charge in [-0.25, -0.2) is 4.98 Å². The molecule has 17 heavy (non-hydrogen) atoms. The average molecular weight is 256 g/mol. The van der Waals surface area contributed by atoms with E-state index in [0.29, 0.717) is 16.9 Å². The van der Waals surface area contributed by atoms with Gasteiger partial charge in [-0.3, -0.25) is 0 Å². The van der Waals surface area contributed by atoms with Crippen molar-refractivity contribution in [3.05, 3.63) is 17.3 Å². The van der Waals surface area contributed by atoms with Crippen molar-refractivity contribution >= 4 is 23.1 Å². The zero-order valence-corrected chi connectivity index (χ0v) is 10.8. The molecule has 1 aliphatic rings. The molecule has 1 aromatic rings. The van der Waals surface area contributed by atoms with Gasteiger partial charge in [0, 0.05) is 19.7 Å². The third kappa shape index (κ3) is 3.01. The Kier molecular flexibility index (Phi) is 4.07. The molecule has 1 aromatic heterocycles. The van der Waals surface area contributed by atoms with Gasteiger partial charge in [-0.15, -0.1) is 0 Å². The average Bonchev–Trinajstić information content (AvgIpc) is 2.34. The van der Waals surface area contributed by atoms with Gasteiger partial charge in [-0.05, 0) is 31.9 Å². The molecule has 0 aliphatic carbocycles. The summed E-state index contributed by atoms with van der Waals surface area (Å²) >= 11 is 5.90. The third-order valence-corrected chi connectivity index (χ3v) is 3.23. The lowest BCUT2D eigenvalue weighted by Crippen LogP contribution is -2.37. The normalized spacial score (nSPS) is 17.4. The molecule has 2 rings (SSSR count). The summed E-state index contributed by atoms with van der Waals surface area (Å²) < 4.78 is 5.62. The molecule has 2 N–H and O–H groups in total. The van der Waals surface area contributed by atoms with E-state index in [1.165, 1.54) is 0 Å². The fraction of sp³-hybridized carbons (Fsp3) is 0.583. The SMILES string of the molecule is CCOC1CCN(c2nc(Cl)ccc2N)CC1. The lowest BCUT2D eigenvalue weighted by Gasteiger charge is -2.33. The molecule has 0 saturated carbocycles. The van der Waals surface area contributed by atoms with Gasteiger partial charge in [0.25, 0.3) is 0 Å². The second kappa shape index (κ2) is 5.56. The van der Waals surface area contributed by atoms with Gasteiger partial charge in [0.15, 0.2) is 5.82 Å². The molecular weight excluding hydrogens is 238 g/mol. The molecule has 2 heterocycles. The van der Waals surface area contributed by atoms with E-state index in [0.717, 1.165) is 38.4 Å². The molecule has 1 fully saturated rings. The molecule has 5 heteroatoms. The molecule has 0 amide bonds. The first-order valence-corrected chi connectivity index (χ1v) is 6.37. The van der Waals surface area contributed by atoms with Crippen LogP contribution in [0.4, 0.5) is 11.5 Å². The summed E-state index contributed by atoms with van der Waals surface area (Å²) in [5, 5.41) is 0.487. The molecule has 1 saturated heterocycles. The van der Waals surface area contributed by atoms with Gasteiger partial charge < -0.3 is 15.4 Å². The molecule has 1 aliphatic heterocycles. The molecule has 0 atom stereocenters. The number of ether oxygens (including phenoxy) is 1. The molecule has 94 valence electrons. The fourth-order valence-corrected chi connectivity index (χ4v) is 2.30. The largest absolute Gasteiger partial charge is 0.396 e. The van der Waals surface area contributed by atoms with E-state index in [1.54, 1.807) is 12.1 Å². The van der Waals surface area contributed by atoms with E-state index in [2.05, 4.69) is 9.88 Å². The van der Waals surface area contributed by atoms with Crippen LogP contribution in [0.5, 0.6) is 0 Å². The zero-order chi connectivity index (χ0) is 12.3. The monoisotopic (exact) mass is 255 g/mol. The van der Waals surface area contributed by atoms with E-state index in [-0.39, 0.29) is 0 Å². The lowest BCUT2D eigenvalue weighted by atomic mass is 10.1. The minimum Gasteiger partial charge on any atom is -0.396 e. The number of aromatic nitrogens is 1. The Hall–Kier alpha value is -1.00. The summed E-state index contributed by atoms with van der Waals surface area (Å²) in [5.74, 6) is 0.799. The summed E-state index contributed by atoms with van der Waals surface area (Å²) in [6.07, 6.45) is 2.40. The number of piperidine rings is 1. The van der Waals surface area contributed by atoms with E-state index in [1.807, 2.05) is 6.92 Å². The number of nitrogen functional groups attached to an aromatic ring is 1. The lowest BCUT2D eigenvalue weighted by molar-refractivity contribution is 0.0458. The Morgan fingerprint density at radius 2 is 2.18 bits per heavy atom. The van der Waals surface area contributed by atoms with Crippen molar-refractivity contribution < 1.29 is 4.74 Å². The number of anilines is 2. The number of hydrogen-bond acceptors (Lipinski definition) is 4. The molecule has 0 aromatic carbocycles. The first-order valence-electron chi connectivity index (χ1n) is 5.99. The van der Waals surface area contributed by atoms with Gasteiger partial charge in [-0.2, -0.15) is 0 Å². The van der Waals surface area contributed by atoms with Gasteiger partial charge in [0.2, 0.25) is 0 Å². The van der Waals surface area contributed by atoms with E-state index in [9.17, 15) is 0 Å². The Bertz CT molecular complexity index is 378. The minimum absolute atomic E-state index is 0.372. The van der Waals surface area contributed by atoms with Gasteiger partial charge in [0.05, 0.1) is 11.8 Å². The highest BCUT2D eigenvalue weighted by molar-refractivity contribution is 6.29. The number of halogens is 1. The quantitative estimate of drug-likeness (QED) is 0.843. The summed E-state index contributed by atoms with van der Waals surface area (Å²) in [6.45, 7) is 4.65. The van der Waals surface area contributed by atoms with Crippen molar-refractivity contribution in [3.8, 4) is 0 Å². The van der Waals surface area contributed by atoms with Crippen LogP contribution in [0.15, 0.2) is 12.1 Å². The van der Waals surface area contributed by atoms with Crippen LogP contribution in [0.2, 0.25) is 5.15 Å². The van der Waals surface area contributed by atoms with Crippen LogP contribution in [0.25, 0.3) is 0 Å². The van der Waals surface area contributed by atoms with E-state index >= 15 is 0 Å². The fourth-order valence-electron chi connectivity index (χ4n) is 2.16. The van der Waals surface area contributed by atoms with Crippen LogP contribution < -0.4 is 10.6 Å². The van der Waals surface area contributed by atoms with Crippen LogP contribution in [-0.4, -0.2) is 30.8 Å². The molecular formula is C12H18ClN3O. The van der Waals surface area contributed by atoms with E-state index in [4.69, 9.17) is 22.1 Å². The Labute approximate surface area is 107 Å². The second-order valence-electron chi connectivity index (χ2n) is 4.19. The summed E-state index contributed by atoms with van der Waals surface area (Å²) in [4.78, 5) is 6.47. The molecule has 0 radical (unpaired) electrons. The Balaban J connectivity index is 2.02. The minimum atomic E-state index is 0.372. The number of rotatable bonds is 3. The van der Waals surface area contributed by atoms with Crippen molar-refractivity contribution in [2.75, 3.05) is 30.3 Å². The number of hydrogen-bond donors (Lipinski definition) is 1. The smallest absolute Gasteiger partial charge is 0.153 e. The summed E-state index contributed by atoms with van der Waals surface area (Å²) in [5.41, 5.74) is 6.60. The molecule has 0 bridgehead atoms. The zero-order valence-electron chi connectivity index (χ0n) is 10.0. The van der Waals surface area contributed by atoms with Gasteiger partial charge >= 0.3 is 0 Å². The molecule has 0 unspecified atom stereocenters. The van der Waals surface area contributed by atoms with Crippen molar-refractivity contribution in [1.82, 2.24) is 4.98 Å². The second-order valence-corrected chi connectivity index (χ2v) is 4.58. The standard InChI is InChI=1S/C12H18ClN3O/c1-2-17-9-5-7-16(8-6-9)12-10(14)3-4-11(13)15-12/h3-4,9H,2,5-8,14H2,1H3. The van der Waals surface area contributed by atoms with Crippen molar-refractivity contribution in [2.24, 2.45) is 0 Å². The van der Waals surface area contributed by atoms with Crippen LogP contribution in [0.3, 0.4) is 0 Å². The highest BCUT2D eigenvalue weighted by Gasteiger charge is 2.21. The van der Waals surface area contributed by atoms with Crippen molar-refractivity contribution in [3.63, 3.8) is 0 Å². The Morgan fingerprint density at radius 1 is 1.47 bits per heavy atom. The number of pyridine rings is 1. The van der Waals surface area contributed by atoms with Gasteiger partial charge in [0.1, 0.15) is 5.15 Å². The number of nitrogens with zero attached hydrogens (tertiary/aromatic N) is 2. The number of nitrogens with two attached hydrogens (primary N) is 1. The maximum absolute atomic E-state index is 5.92. The maximum atomic E-state index is 5.92.